The fourth-order valence-electron chi connectivity index (χ4n) is 2.96. The average Bonchev–Trinajstić information content (AvgIpc) is 3.03. The molecular formula is C18H17N3O2. The predicted molar refractivity (Wildman–Crippen MR) is 86.7 cm³/mol. The number of hydrogen-bond donors (Lipinski definition) is 1. The topological polar surface area (TPSA) is 55.6 Å². The Kier molecular flexibility index (Phi) is 3.46. The molecule has 1 aliphatic rings. The lowest BCUT2D eigenvalue weighted by atomic mass is 9.96. The van der Waals surface area contributed by atoms with Gasteiger partial charge in [-0.1, -0.05) is 24.3 Å². The first-order valence-electron chi connectivity index (χ1n) is 7.72. The smallest absolute Gasteiger partial charge is 0.255 e. The van der Waals surface area contributed by atoms with E-state index in [0.29, 0.717) is 18.7 Å². The van der Waals surface area contributed by atoms with Crippen molar-refractivity contribution in [2.75, 3.05) is 13.2 Å². The summed E-state index contributed by atoms with van der Waals surface area (Å²) in [5.74, 6) is 1.15. The van der Waals surface area contributed by atoms with Crippen molar-refractivity contribution < 1.29 is 9.53 Å². The van der Waals surface area contributed by atoms with Gasteiger partial charge in [-0.25, -0.2) is 4.52 Å². The SMILES string of the molecule is O=C(NCC1COc2ccccc2C1)c1cnn2ccccc12. The zero-order valence-electron chi connectivity index (χ0n) is 12.6. The van der Waals surface area contributed by atoms with Crippen molar-refractivity contribution in [2.45, 2.75) is 6.42 Å². The van der Waals surface area contributed by atoms with Crippen molar-refractivity contribution in [3.05, 3.63) is 66.0 Å². The molecule has 2 aromatic heterocycles. The average molecular weight is 307 g/mol. The van der Waals surface area contributed by atoms with Crippen LogP contribution in [0.5, 0.6) is 5.75 Å². The molecule has 0 saturated carbocycles. The number of nitrogens with one attached hydrogen (secondary N) is 1. The molecule has 5 heteroatoms. The number of benzene rings is 1. The predicted octanol–water partition coefficient (Wildman–Crippen LogP) is 2.32. The van der Waals surface area contributed by atoms with Crippen LogP contribution in [0.4, 0.5) is 0 Å². The van der Waals surface area contributed by atoms with Crippen LogP contribution in [0.2, 0.25) is 0 Å². The highest BCUT2D eigenvalue weighted by Gasteiger charge is 2.21. The van der Waals surface area contributed by atoms with Crippen LogP contribution in [0.1, 0.15) is 15.9 Å². The standard InChI is InChI=1S/C18H17N3O2/c22-18(15-11-20-21-8-4-3-6-16(15)21)19-10-13-9-14-5-1-2-7-17(14)23-12-13/h1-8,11,13H,9-10,12H2,(H,19,22). The maximum absolute atomic E-state index is 12.4. The van der Waals surface area contributed by atoms with Crippen LogP contribution in [0, 0.1) is 5.92 Å². The van der Waals surface area contributed by atoms with E-state index in [1.54, 1.807) is 10.7 Å². The van der Waals surface area contributed by atoms with Gasteiger partial charge in [0.15, 0.2) is 0 Å². The van der Waals surface area contributed by atoms with Crippen molar-refractivity contribution in [3.63, 3.8) is 0 Å². The normalized spacial score (nSPS) is 16.6. The summed E-state index contributed by atoms with van der Waals surface area (Å²) in [6.45, 7) is 1.23. The first kappa shape index (κ1) is 13.8. The summed E-state index contributed by atoms with van der Waals surface area (Å²) in [5.41, 5.74) is 2.62. The number of aromatic nitrogens is 2. The highest BCUT2D eigenvalue weighted by molar-refractivity contribution is 6.00. The summed E-state index contributed by atoms with van der Waals surface area (Å²) in [4.78, 5) is 12.4. The van der Waals surface area contributed by atoms with E-state index in [9.17, 15) is 4.79 Å². The van der Waals surface area contributed by atoms with Crippen molar-refractivity contribution in [1.29, 1.82) is 0 Å². The molecule has 4 rings (SSSR count). The van der Waals surface area contributed by atoms with Crippen LogP contribution in [0.3, 0.4) is 0 Å². The van der Waals surface area contributed by atoms with Gasteiger partial charge >= 0.3 is 0 Å². The summed E-state index contributed by atoms with van der Waals surface area (Å²) in [6, 6.07) is 13.7. The Morgan fingerprint density at radius 2 is 2.13 bits per heavy atom. The Balaban J connectivity index is 1.43. The molecule has 23 heavy (non-hydrogen) atoms. The van der Waals surface area contributed by atoms with Gasteiger partial charge in [0.05, 0.1) is 23.9 Å². The molecule has 5 nitrogen and oxygen atoms in total. The zero-order chi connectivity index (χ0) is 15.6. The maximum atomic E-state index is 12.4. The molecule has 3 heterocycles. The second kappa shape index (κ2) is 5.76. The molecule has 116 valence electrons. The van der Waals surface area contributed by atoms with Crippen LogP contribution >= 0.6 is 0 Å². The van der Waals surface area contributed by atoms with Crippen LogP contribution in [0.15, 0.2) is 54.9 Å². The Labute approximate surface area is 133 Å². The Hall–Kier alpha value is -2.82. The Morgan fingerprint density at radius 1 is 1.26 bits per heavy atom. The highest BCUT2D eigenvalue weighted by Crippen LogP contribution is 2.26. The molecule has 1 aliphatic heterocycles. The molecule has 1 atom stereocenters. The van der Waals surface area contributed by atoms with E-state index in [-0.39, 0.29) is 11.8 Å². The Bertz CT molecular complexity index is 856. The van der Waals surface area contributed by atoms with E-state index in [1.807, 2.05) is 42.6 Å². The van der Waals surface area contributed by atoms with Gasteiger partial charge < -0.3 is 10.1 Å². The number of amides is 1. The van der Waals surface area contributed by atoms with Crippen molar-refractivity contribution in [3.8, 4) is 5.75 Å². The molecule has 0 aliphatic carbocycles. The zero-order valence-corrected chi connectivity index (χ0v) is 12.6. The minimum atomic E-state index is -0.0925. The third-order valence-corrected chi connectivity index (χ3v) is 4.18. The van der Waals surface area contributed by atoms with E-state index >= 15 is 0 Å². The van der Waals surface area contributed by atoms with Gasteiger partial charge in [-0.2, -0.15) is 5.10 Å². The number of carbonyl (C=O) groups is 1. The molecule has 0 fully saturated rings. The van der Waals surface area contributed by atoms with Gasteiger partial charge in [0.2, 0.25) is 0 Å². The van der Waals surface area contributed by atoms with Crippen LogP contribution < -0.4 is 10.1 Å². The van der Waals surface area contributed by atoms with Gasteiger partial charge in [0.1, 0.15) is 5.75 Å². The van der Waals surface area contributed by atoms with Crippen LogP contribution in [-0.4, -0.2) is 28.7 Å². The molecule has 1 amide bonds. The van der Waals surface area contributed by atoms with Crippen molar-refractivity contribution in [2.24, 2.45) is 5.92 Å². The second-order valence-electron chi connectivity index (χ2n) is 5.79. The van der Waals surface area contributed by atoms with Gasteiger partial charge in [-0.05, 0) is 30.2 Å². The quantitative estimate of drug-likeness (QED) is 0.808. The number of rotatable bonds is 3. The minimum Gasteiger partial charge on any atom is -0.493 e. The first-order chi connectivity index (χ1) is 11.3. The fraction of sp³-hybridized carbons (Fsp3) is 0.222. The molecule has 1 N–H and O–H groups in total. The van der Waals surface area contributed by atoms with Crippen molar-refractivity contribution >= 4 is 11.4 Å². The van der Waals surface area contributed by atoms with Gasteiger partial charge in [0, 0.05) is 18.7 Å². The maximum Gasteiger partial charge on any atom is 0.255 e. The lowest BCUT2D eigenvalue weighted by Gasteiger charge is -2.25. The third kappa shape index (κ3) is 2.65. The Morgan fingerprint density at radius 3 is 3.09 bits per heavy atom. The minimum absolute atomic E-state index is 0.0925. The summed E-state index contributed by atoms with van der Waals surface area (Å²) in [5, 5.41) is 7.20. The number of carbonyl (C=O) groups excluding carboxylic acids is 1. The number of pyridine rings is 1. The van der Waals surface area contributed by atoms with E-state index in [2.05, 4.69) is 16.5 Å². The first-order valence-corrected chi connectivity index (χ1v) is 7.72. The second-order valence-corrected chi connectivity index (χ2v) is 5.79. The summed E-state index contributed by atoms with van der Waals surface area (Å²) < 4.78 is 7.46. The van der Waals surface area contributed by atoms with Gasteiger partial charge in [0.25, 0.3) is 5.91 Å². The van der Waals surface area contributed by atoms with Crippen LogP contribution in [-0.2, 0) is 6.42 Å². The van der Waals surface area contributed by atoms with Crippen molar-refractivity contribution in [1.82, 2.24) is 14.9 Å². The monoisotopic (exact) mass is 307 g/mol. The molecule has 0 spiro atoms. The summed E-state index contributed by atoms with van der Waals surface area (Å²) >= 11 is 0. The highest BCUT2D eigenvalue weighted by atomic mass is 16.5. The fourth-order valence-corrected chi connectivity index (χ4v) is 2.96. The lowest BCUT2D eigenvalue weighted by Crippen LogP contribution is -2.34. The third-order valence-electron chi connectivity index (χ3n) is 4.18. The molecular weight excluding hydrogens is 290 g/mol. The summed E-state index contributed by atoms with van der Waals surface area (Å²) in [7, 11) is 0. The van der Waals surface area contributed by atoms with Gasteiger partial charge in [-0.15, -0.1) is 0 Å². The number of fused-ring (bicyclic) bond motifs is 2. The summed E-state index contributed by atoms with van der Waals surface area (Å²) in [6.07, 6.45) is 4.36. The number of ether oxygens (including phenoxy) is 1. The van der Waals surface area contributed by atoms with E-state index in [4.69, 9.17) is 4.74 Å². The van der Waals surface area contributed by atoms with Crippen LogP contribution in [0.25, 0.3) is 5.52 Å². The molecule has 0 radical (unpaired) electrons. The molecule has 0 saturated heterocycles. The van der Waals surface area contributed by atoms with E-state index in [1.165, 1.54) is 5.56 Å². The molecule has 0 bridgehead atoms. The molecule has 1 unspecified atom stereocenters. The molecule has 1 aromatic carbocycles. The number of nitrogens with zero attached hydrogens (tertiary/aromatic N) is 2. The van der Waals surface area contributed by atoms with Gasteiger partial charge in [-0.3, -0.25) is 4.79 Å². The number of hydrogen-bond acceptors (Lipinski definition) is 3. The number of para-hydroxylation sites is 1. The lowest BCUT2D eigenvalue weighted by molar-refractivity contribution is 0.0940. The molecule has 3 aromatic rings. The van der Waals surface area contributed by atoms with E-state index < -0.39 is 0 Å². The largest absolute Gasteiger partial charge is 0.493 e. The van der Waals surface area contributed by atoms with E-state index in [0.717, 1.165) is 17.7 Å².